The molecule has 21 heavy (non-hydrogen) atoms. The van der Waals surface area contributed by atoms with Gasteiger partial charge in [-0.05, 0) is 35.2 Å². The van der Waals surface area contributed by atoms with E-state index < -0.39 is 17.9 Å². The van der Waals surface area contributed by atoms with Crippen molar-refractivity contribution in [3.05, 3.63) is 18.7 Å². The van der Waals surface area contributed by atoms with Crippen LogP contribution in [0.4, 0.5) is 0 Å². The highest BCUT2D eigenvalue weighted by Gasteiger charge is 2.26. The van der Waals surface area contributed by atoms with Gasteiger partial charge in [-0.25, -0.2) is 4.79 Å². The van der Waals surface area contributed by atoms with E-state index in [2.05, 4.69) is 21.2 Å². The third-order valence-corrected chi connectivity index (χ3v) is 5.95. The average Bonchev–Trinajstić information content (AvgIpc) is 2.65. The van der Waals surface area contributed by atoms with Crippen LogP contribution < -0.4 is 5.32 Å². The molecule has 1 rings (SSSR count). The molecule has 0 bridgehead atoms. The van der Waals surface area contributed by atoms with Crippen molar-refractivity contribution < 1.29 is 14.3 Å². The van der Waals surface area contributed by atoms with Gasteiger partial charge in [0.05, 0.1) is 16.1 Å². The lowest BCUT2D eigenvalue weighted by molar-refractivity contribution is -0.145. The monoisotopic (exact) mass is 415 g/mol. The first kappa shape index (κ1) is 18.7. The van der Waals surface area contributed by atoms with Crippen molar-refractivity contribution >= 4 is 62.3 Å². The number of esters is 1. The summed E-state index contributed by atoms with van der Waals surface area (Å²) in [7, 11) is 0. The molecule has 1 aromatic heterocycles. The molecule has 0 aliphatic carbocycles. The molecule has 1 N–H and O–H groups in total. The van der Waals surface area contributed by atoms with Gasteiger partial charge in [0.1, 0.15) is 15.3 Å². The van der Waals surface area contributed by atoms with Crippen LogP contribution in [0, 0.1) is 5.92 Å². The van der Waals surface area contributed by atoms with Gasteiger partial charge in [0.15, 0.2) is 0 Å². The maximum absolute atomic E-state index is 12.3. The fraction of sp³-hybridized carbons (Fsp3) is 0.538. The summed E-state index contributed by atoms with van der Waals surface area (Å²) in [5, 5.41) is 2.91. The molecule has 0 saturated carbocycles. The Hall–Kier alpha value is -0.300. The van der Waals surface area contributed by atoms with E-state index in [1.807, 2.05) is 13.8 Å². The number of rotatable bonds is 6. The van der Waals surface area contributed by atoms with Crippen molar-refractivity contribution in [1.29, 1.82) is 0 Å². The fourth-order valence-electron chi connectivity index (χ4n) is 1.66. The minimum Gasteiger partial charge on any atom is -0.464 e. The standard InChI is InChI=1S/C13H16BrCl2NO3S/c1-4-20-13(19)7(5-6(2)3)17-12(18)10-9(15)8(14)11(16)21-10/h6-7H,4-5H2,1-3H3,(H,17,18). The summed E-state index contributed by atoms with van der Waals surface area (Å²) in [6.07, 6.45) is 0.489. The molecule has 0 aromatic carbocycles. The number of carbonyl (C=O) groups excluding carboxylic acids is 2. The highest BCUT2D eigenvalue weighted by molar-refractivity contribution is 9.10. The van der Waals surface area contributed by atoms with Crippen LogP contribution in [0.15, 0.2) is 4.47 Å². The number of nitrogens with one attached hydrogen (secondary N) is 1. The molecule has 4 nitrogen and oxygen atoms in total. The van der Waals surface area contributed by atoms with Crippen LogP contribution in [0.1, 0.15) is 36.9 Å². The molecule has 0 radical (unpaired) electrons. The quantitative estimate of drug-likeness (QED) is 0.693. The average molecular weight is 417 g/mol. The summed E-state index contributed by atoms with van der Waals surface area (Å²) in [5.41, 5.74) is 0. The second-order valence-electron chi connectivity index (χ2n) is 4.74. The van der Waals surface area contributed by atoms with Gasteiger partial charge < -0.3 is 10.1 Å². The molecule has 1 aromatic rings. The minimum absolute atomic E-state index is 0.230. The number of ether oxygens (including phenoxy) is 1. The van der Waals surface area contributed by atoms with E-state index in [1.54, 1.807) is 6.92 Å². The van der Waals surface area contributed by atoms with Crippen molar-refractivity contribution in [2.75, 3.05) is 6.61 Å². The smallest absolute Gasteiger partial charge is 0.328 e. The molecule has 0 fully saturated rings. The number of hydrogen-bond acceptors (Lipinski definition) is 4. The highest BCUT2D eigenvalue weighted by Crippen LogP contribution is 2.40. The van der Waals surface area contributed by atoms with E-state index in [-0.39, 0.29) is 22.4 Å². The summed E-state index contributed by atoms with van der Waals surface area (Å²) in [6.45, 7) is 5.91. The first-order valence-electron chi connectivity index (χ1n) is 6.38. The van der Waals surface area contributed by atoms with Crippen LogP contribution in [0.3, 0.4) is 0 Å². The molecule has 1 unspecified atom stereocenters. The highest BCUT2D eigenvalue weighted by atomic mass is 79.9. The van der Waals surface area contributed by atoms with Crippen molar-refractivity contribution in [3.8, 4) is 0 Å². The van der Waals surface area contributed by atoms with Gasteiger partial charge in [-0.1, -0.05) is 37.0 Å². The van der Waals surface area contributed by atoms with Crippen LogP contribution >= 0.6 is 50.5 Å². The summed E-state index contributed by atoms with van der Waals surface area (Å²) in [6, 6.07) is -0.701. The zero-order valence-electron chi connectivity index (χ0n) is 11.8. The van der Waals surface area contributed by atoms with E-state index >= 15 is 0 Å². The van der Waals surface area contributed by atoms with Crippen LogP contribution in [-0.2, 0) is 9.53 Å². The van der Waals surface area contributed by atoms with Crippen LogP contribution in [0.25, 0.3) is 0 Å². The second-order valence-corrected chi connectivity index (χ2v) is 7.53. The zero-order chi connectivity index (χ0) is 16.2. The zero-order valence-corrected chi connectivity index (χ0v) is 15.8. The number of hydrogen-bond donors (Lipinski definition) is 1. The molecule has 0 saturated heterocycles. The predicted octanol–water partition coefficient (Wildman–Crippen LogP) is 4.53. The Morgan fingerprint density at radius 1 is 1.38 bits per heavy atom. The van der Waals surface area contributed by atoms with E-state index in [9.17, 15) is 9.59 Å². The van der Waals surface area contributed by atoms with Crippen molar-refractivity contribution in [2.45, 2.75) is 33.2 Å². The lowest BCUT2D eigenvalue weighted by atomic mass is 10.0. The molecule has 118 valence electrons. The lowest BCUT2D eigenvalue weighted by Gasteiger charge is -2.18. The van der Waals surface area contributed by atoms with E-state index in [4.69, 9.17) is 27.9 Å². The van der Waals surface area contributed by atoms with E-state index in [0.717, 1.165) is 11.3 Å². The summed E-state index contributed by atoms with van der Waals surface area (Å²) >= 11 is 16.2. The Kier molecular flexibility index (Phi) is 7.47. The second kappa shape index (κ2) is 8.36. The molecular weight excluding hydrogens is 401 g/mol. The molecular formula is C13H16BrCl2NO3S. The predicted molar refractivity (Wildman–Crippen MR) is 89.4 cm³/mol. The normalized spacial score (nSPS) is 12.3. The molecule has 1 atom stereocenters. The van der Waals surface area contributed by atoms with Crippen molar-refractivity contribution in [1.82, 2.24) is 5.32 Å². The molecule has 0 aliphatic rings. The van der Waals surface area contributed by atoms with Gasteiger partial charge in [0.2, 0.25) is 0 Å². The van der Waals surface area contributed by atoms with Crippen LogP contribution in [0.2, 0.25) is 9.36 Å². The van der Waals surface area contributed by atoms with E-state index in [0.29, 0.717) is 15.2 Å². The van der Waals surface area contributed by atoms with Gasteiger partial charge in [0.25, 0.3) is 5.91 Å². The largest absolute Gasteiger partial charge is 0.464 e. The van der Waals surface area contributed by atoms with Crippen molar-refractivity contribution in [2.24, 2.45) is 5.92 Å². The first-order valence-corrected chi connectivity index (χ1v) is 8.75. The molecule has 8 heteroatoms. The maximum atomic E-state index is 12.3. The van der Waals surface area contributed by atoms with Crippen molar-refractivity contribution in [3.63, 3.8) is 0 Å². The number of amides is 1. The first-order chi connectivity index (χ1) is 9.77. The lowest BCUT2D eigenvalue weighted by Crippen LogP contribution is -2.42. The third-order valence-electron chi connectivity index (χ3n) is 2.55. The van der Waals surface area contributed by atoms with Gasteiger partial charge in [0, 0.05) is 0 Å². The topological polar surface area (TPSA) is 55.4 Å². The Labute approximate surface area is 146 Å². The maximum Gasteiger partial charge on any atom is 0.328 e. The summed E-state index contributed by atoms with van der Waals surface area (Å²) < 4.78 is 5.86. The van der Waals surface area contributed by atoms with Crippen LogP contribution in [-0.4, -0.2) is 24.5 Å². The van der Waals surface area contributed by atoms with E-state index in [1.165, 1.54) is 0 Å². The molecule has 0 spiro atoms. The summed E-state index contributed by atoms with van der Waals surface area (Å²) in [4.78, 5) is 24.4. The Balaban J connectivity index is 2.89. The third kappa shape index (κ3) is 5.13. The molecule has 1 heterocycles. The minimum atomic E-state index is -0.701. The van der Waals surface area contributed by atoms with Gasteiger partial charge in [-0.15, -0.1) is 11.3 Å². The summed E-state index contributed by atoms with van der Waals surface area (Å²) in [5.74, 6) is -0.650. The Morgan fingerprint density at radius 2 is 2.00 bits per heavy atom. The fourth-order valence-corrected chi connectivity index (χ4v) is 3.68. The Morgan fingerprint density at radius 3 is 2.43 bits per heavy atom. The van der Waals surface area contributed by atoms with Gasteiger partial charge in [-0.3, -0.25) is 4.79 Å². The van der Waals surface area contributed by atoms with Gasteiger partial charge >= 0.3 is 5.97 Å². The van der Waals surface area contributed by atoms with Gasteiger partial charge in [-0.2, -0.15) is 0 Å². The number of halogens is 3. The van der Waals surface area contributed by atoms with Crippen LogP contribution in [0.5, 0.6) is 0 Å². The number of thiophene rings is 1. The molecule has 1 amide bonds. The Bertz CT molecular complexity index is 534. The SMILES string of the molecule is CCOC(=O)C(CC(C)C)NC(=O)c1sc(Cl)c(Br)c1Cl. The number of carbonyl (C=O) groups is 2. The molecule has 0 aliphatic heterocycles.